The van der Waals surface area contributed by atoms with E-state index >= 15 is 0 Å². The molecule has 0 radical (unpaired) electrons. The number of ether oxygens (including phenoxy) is 1. The van der Waals surface area contributed by atoms with Crippen LogP contribution in [0.3, 0.4) is 0 Å². The first-order valence-corrected chi connectivity index (χ1v) is 10.5. The van der Waals surface area contributed by atoms with Crippen molar-refractivity contribution in [3.8, 4) is 0 Å². The van der Waals surface area contributed by atoms with E-state index in [-0.39, 0.29) is 19.1 Å². The molecule has 0 bridgehead atoms. The maximum atomic E-state index is 12.0. The molecule has 0 saturated heterocycles. The van der Waals surface area contributed by atoms with Gasteiger partial charge in [0.05, 0.1) is 13.2 Å². The second kappa shape index (κ2) is 16.9. The molecule has 0 spiro atoms. The van der Waals surface area contributed by atoms with Crippen molar-refractivity contribution in [3.05, 3.63) is 0 Å². The van der Waals surface area contributed by atoms with Crippen molar-refractivity contribution in [2.24, 2.45) is 5.73 Å². The van der Waals surface area contributed by atoms with Crippen LogP contribution in [0.2, 0.25) is 0 Å². The van der Waals surface area contributed by atoms with Gasteiger partial charge in [-0.3, -0.25) is 28.8 Å². The molecule has 0 heterocycles. The fraction of sp³-hybridized carbons (Fsp3) is 0.632. The Labute approximate surface area is 204 Å². The van der Waals surface area contributed by atoms with Crippen molar-refractivity contribution in [2.75, 3.05) is 26.3 Å². The number of hydrogen-bond donors (Lipinski definition) is 9. The van der Waals surface area contributed by atoms with Crippen molar-refractivity contribution < 1.29 is 58.7 Å². The van der Waals surface area contributed by atoms with Gasteiger partial charge in [0.25, 0.3) is 0 Å². The van der Waals surface area contributed by atoms with E-state index in [0.717, 1.165) is 6.92 Å². The number of nitrogens with one attached hydrogen (secondary N) is 4. The normalized spacial score (nSPS) is 14.8. The van der Waals surface area contributed by atoms with E-state index in [1.54, 1.807) is 0 Å². The van der Waals surface area contributed by atoms with Crippen LogP contribution in [0.25, 0.3) is 0 Å². The number of nitrogens with two attached hydrogens (primary N) is 1. The molecule has 36 heavy (non-hydrogen) atoms. The lowest BCUT2D eigenvalue weighted by Gasteiger charge is -2.30. The molecule has 0 saturated carbocycles. The molecule has 17 heteroatoms. The summed E-state index contributed by atoms with van der Waals surface area (Å²) in [4.78, 5) is 80.0. The van der Waals surface area contributed by atoms with Gasteiger partial charge in [-0.2, -0.15) is 0 Å². The summed E-state index contributed by atoms with van der Waals surface area (Å²) in [5.74, 6) is -5.45. The zero-order valence-corrected chi connectivity index (χ0v) is 19.3. The minimum Gasteiger partial charge on any atom is -0.480 e. The molecule has 204 valence electrons. The first-order chi connectivity index (χ1) is 16.8. The number of aliphatic carboxylic acids is 1. The quantitative estimate of drug-likeness (QED) is 0.0762. The van der Waals surface area contributed by atoms with E-state index < -0.39 is 92.2 Å². The zero-order chi connectivity index (χ0) is 27.8. The molecular weight excluding hydrogens is 490 g/mol. The van der Waals surface area contributed by atoms with Gasteiger partial charge >= 0.3 is 5.97 Å². The molecule has 0 aromatic rings. The summed E-state index contributed by atoms with van der Waals surface area (Å²) in [7, 11) is 0. The number of primary amides is 1. The van der Waals surface area contributed by atoms with Crippen LogP contribution in [-0.2, 0) is 38.3 Å². The van der Waals surface area contributed by atoms with E-state index in [9.17, 15) is 43.8 Å². The standard InChI is InChI=1S/C19H31N5O12/c1-9(27)23-11(6-25)18(17(34)12(28)7-26)36-8-15(31)21-4-14(30)24-10(19(20)35)2-3-13(29)22-5-16(32)33/h6,10-12,17-18,26,28,34H,2-5,7-8H2,1H3,(H2,20,35)(H,21,31)(H,22,29)(H,23,27)(H,24,30)(H,32,33)/t10?,11-,12+,17+,18+/m0/s1. The van der Waals surface area contributed by atoms with Gasteiger partial charge in [0.15, 0.2) is 0 Å². The maximum absolute atomic E-state index is 12.0. The smallest absolute Gasteiger partial charge is 0.322 e. The van der Waals surface area contributed by atoms with Crippen molar-refractivity contribution in [1.29, 1.82) is 0 Å². The van der Waals surface area contributed by atoms with Crippen LogP contribution < -0.4 is 27.0 Å². The predicted molar refractivity (Wildman–Crippen MR) is 117 cm³/mol. The lowest BCUT2D eigenvalue weighted by atomic mass is 10.0. The molecule has 5 amide bonds. The Morgan fingerprint density at radius 3 is 2.08 bits per heavy atom. The van der Waals surface area contributed by atoms with Gasteiger partial charge in [-0.15, -0.1) is 0 Å². The number of aliphatic hydroxyl groups excluding tert-OH is 3. The first kappa shape index (κ1) is 32.3. The van der Waals surface area contributed by atoms with Gasteiger partial charge in [0.2, 0.25) is 29.5 Å². The Hall–Kier alpha value is -3.67. The highest BCUT2D eigenvalue weighted by Gasteiger charge is 2.34. The minimum absolute atomic E-state index is 0.191. The molecule has 10 N–H and O–H groups in total. The number of carboxylic acids is 1. The van der Waals surface area contributed by atoms with Gasteiger partial charge in [-0.05, 0) is 6.42 Å². The van der Waals surface area contributed by atoms with E-state index in [4.69, 9.17) is 20.7 Å². The van der Waals surface area contributed by atoms with Crippen molar-refractivity contribution in [1.82, 2.24) is 21.3 Å². The average Bonchev–Trinajstić information content (AvgIpc) is 2.81. The number of carboxylic acid groups (broad SMARTS) is 1. The fourth-order valence-corrected chi connectivity index (χ4v) is 2.64. The van der Waals surface area contributed by atoms with Crippen LogP contribution in [0, 0.1) is 0 Å². The number of aldehydes is 1. The molecule has 17 nitrogen and oxygen atoms in total. The Kier molecular flexibility index (Phi) is 15.2. The highest BCUT2D eigenvalue weighted by Crippen LogP contribution is 2.09. The number of carbonyl (C=O) groups excluding carboxylic acids is 6. The molecule has 0 aliphatic heterocycles. The first-order valence-electron chi connectivity index (χ1n) is 10.5. The summed E-state index contributed by atoms with van der Waals surface area (Å²) < 4.78 is 5.13. The van der Waals surface area contributed by atoms with Gasteiger partial charge in [-0.1, -0.05) is 0 Å². The molecule has 0 aromatic carbocycles. The van der Waals surface area contributed by atoms with Crippen molar-refractivity contribution >= 4 is 41.8 Å². The van der Waals surface area contributed by atoms with Gasteiger partial charge < -0.3 is 57.0 Å². The van der Waals surface area contributed by atoms with Gasteiger partial charge in [-0.25, -0.2) is 0 Å². The molecular formula is C19H31N5O12. The number of aliphatic hydroxyl groups is 3. The van der Waals surface area contributed by atoms with Crippen molar-refractivity contribution in [3.63, 3.8) is 0 Å². The number of hydrogen-bond acceptors (Lipinski definition) is 11. The number of amides is 5. The highest BCUT2D eigenvalue weighted by molar-refractivity contribution is 5.90. The number of carbonyl (C=O) groups is 7. The van der Waals surface area contributed by atoms with E-state index in [2.05, 4.69) is 21.3 Å². The Bertz CT molecular complexity index is 808. The summed E-state index contributed by atoms with van der Waals surface area (Å²) in [5.41, 5.74) is 5.16. The number of rotatable bonds is 18. The van der Waals surface area contributed by atoms with E-state index in [0.29, 0.717) is 0 Å². The Morgan fingerprint density at radius 2 is 1.58 bits per heavy atom. The van der Waals surface area contributed by atoms with Crippen LogP contribution in [0.15, 0.2) is 0 Å². The molecule has 0 aliphatic rings. The lowest BCUT2D eigenvalue weighted by Crippen LogP contribution is -2.55. The monoisotopic (exact) mass is 521 g/mol. The summed E-state index contributed by atoms with van der Waals surface area (Å²) >= 11 is 0. The van der Waals surface area contributed by atoms with E-state index in [1.165, 1.54) is 0 Å². The average molecular weight is 521 g/mol. The minimum atomic E-state index is -1.88. The largest absolute Gasteiger partial charge is 0.480 e. The topological polar surface area (TPSA) is 284 Å². The van der Waals surface area contributed by atoms with E-state index in [1.807, 2.05) is 0 Å². The molecule has 0 aromatic heterocycles. The molecule has 0 fully saturated rings. The molecule has 0 aliphatic carbocycles. The van der Waals surface area contributed by atoms with Crippen molar-refractivity contribution in [2.45, 2.75) is 50.2 Å². The fourth-order valence-electron chi connectivity index (χ4n) is 2.64. The molecule has 1 unspecified atom stereocenters. The zero-order valence-electron chi connectivity index (χ0n) is 19.3. The second-order valence-corrected chi connectivity index (χ2v) is 7.39. The SMILES string of the molecule is CC(=O)N[C@@H](C=O)[C@@H](OCC(=O)NCC(=O)NC(CCC(=O)NCC(=O)O)C(N)=O)[C@H](O)[C@H](O)CO. The molecule has 0 rings (SSSR count). The Balaban J connectivity index is 4.83. The second-order valence-electron chi connectivity index (χ2n) is 7.39. The van der Waals surface area contributed by atoms with Crippen LogP contribution in [0.5, 0.6) is 0 Å². The van der Waals surface area contributed by atoms with Crippen LogP contribution >= 0.6 is 0 Å². The summed E-state index contributed by atoms with van der Waals surface area (Å²) in [6.45, 7) is -2.00. The third kappa shape index (κ3) is 13.3. The summed E-state index contributed by atoms with van der Waals surface area (Å²) in [5, 5.41) is 45.7. The maximum Gasteiger partial charge on any atom is 0.322 e. The summed E-state index contributed by atoms with van der Waals surface area (Å²) in [6.07, 6.45) is -5.66. The third-order valence-corrected chi connectivity index (χ3v) is 4.42. The Morgan fingerprint density at radius 1 is 0.972 bits per heavy atom. The highest BCUT2D eigenvalue weighted by atomic mass is 16.5. The van der Waals surface area contributed by atoms with Crippen LogP contribution in [-0.4, -0.2) is 119 Å². The van der Waals surface area contributed by atoms with Gasteiger partial charge in [0.1, 0.15) is 49.8 Å². The van der Waals surface area contributed by atoms with Crippen LogP contribution in [0.1, 0.15) is 19.8 Å². The summed E-state index contributed by atoms with van der Waals surface area (Å²) in [6, 6.07) is -2.79. The third-order valence-electron chi connectivity index (χ3n) is 4.42. The lowest BCUT2D eigenvalue weighted by molar-refractivity contribution is -0.145. The predicted octanol–water partition coefficient (Wildman–Crippen LogP) is -6.14. The van der Waals surface area contributed by atoms with Crippen LogP contribution in [0.4, 0.5) is 0 Å². The molecule has 5 atom stereocenters. The van der Waals surface area contributed by atoms with Gasteiger partial charge in [0, 0.05) is 13.3 Å².